The van der Waals surface area contributed by atoms with Crippen molar-refractivity contribution in [3.8, 4) is 0 Å². The van der Waals surface area contributed by atoms with Gasteiger partial charge in [-0.05, 0) is 48.8 Å². The summed E-state index contributed by atoms with van der Waals surface area (Å²) >= 11 is 0. The van der Waals surface area contributed by atoms with Gasteiger partial charge in [0, 0.05) is 24.9 Å². The first kappa shape index (κ1) is 23.4. The molecule has 2 aliphatic carbocycles. The third-order valence-corrected chi connectivity index (χ3v) is 7.55. The van der Waals surface area contributed by atoms with E-state index in [1.54, 1.807) is 0 Å². The highest BCUT2D eigenvalue weighted by Gasteiger charge is 2.49. The van der Waals surface area contributed by atoms with Gasteiger partial charge in [0.25, 0.3) is 0 Å². The second-order valence-corrected chi connectivity index (χ2v) is 9.96. The molecule has 2 aromatic carbocycles. The summed E-state index contributed by atoms with van der Waals surface area (Å²) in [5.41, 5.74) is 2.69. The molecule has 35 heavy (non-hydrogen) atoms. The molecule has 0 spiro atoms. The van der Waals surface area contributed by atoms with Crippen LogP contribution in [-0.4, -0.2) is 40.6 Å². The number of carbonyl (C=O) groups excluding carboxylic acids is 2. The Morgan fingerprint density at radius 1 is 0.943 bits per heavy atom. The molecule has 3 atom stereocenters. The van der Waals surface area contributed by atoms with Crippen molar-refractivity contribution >= 4 is 23.7 Å². The highest BCUT2D eigenvalue weighted by Crippen LogP contribution is 2.51. The average molecular weight is 477 g/mol. The first-order valence-corrected chi connectivity index (χ1v) is 12.6. The molecule has 5 rings (SSSR count). The quantitative estimate of drug-likeness (QED) is 0.569. The van der Waals surface area contributed by atoms with E-state index in [-0.39, 0.29) is 49.5 Å². The number of aliphatic carboxylic acids is 1. The number of anilines is 1. The van der Waals surface area contributed by atoms with E-state index < -0.39 is 5.97 Å². The highest BCUT2D eigenvalue weighted by atomic mass is 16.6. The SMILES string of the molecule is O=C(O)CCC(=O)N(CC1CC1)[C@H]1c2ccccc2N(C(=O)OCc2ccccc2)[C@@H]2CCC[C@@H]21. The Hall–Kier alpha value is -3.35. The lowest BCUT2D eigenvalue weighted by atomic mass is 9.81. The molecule has 0 unspecified atom stereocenters. The summed E-state index contributed by atoms with van der Waals surface area (Å²) in [5.74, 6) is -0.490. The van der Waals surface area contributed by atoms with Gasteiger partial charge in [0.2, 0.25) is 5.91 Å². The maximum atomic E-state index is 13.4. The zero-order valence-electron chi connectivity index (χ0n) is 19.8. The summed E-state index contributed by atoms with van der Waals surface area (Å²) in [4.78, 5) is 41.7. The molecule has 0 radical (unpaired) electrons. The van der Waals surface area contributed by atoms with Gasteiger partial charge in [-0.2, -0.15) is 0 Å². The van der Waals surface area contributed by atoms with Crippen molar-refractivity contribution < 1.29 is 24.2 Å². The number of carbonyl (C=O) groups is 3. The number of fused-ring (bicyclic) bond motifs is 2. The molecule has 2 amide bonds. The van der Waals surface area contributed by atoms with Gasteiger partial charge >= 0.3 is 12.1 Å². The summed E-state index contributed by atoms with van der Waals surface area (Å²) in [6.45, 7) is 0.861. The van der Waals surface area contributed by atoms with Crippen molar-refractivity contribution in [2.24, 2.45) is 11.8 Å². The van der Waals surface area contributed by atoms with Crippen LogP contribution in [0.1, 0.15) is 62.1 Å². The minimum absolute atomic E-state index is 0.000931. The minimum atomic E-state index is -0.958. The summed E-state index contributed by atoms with van der Waals surface area (Å²) in [7, 11) is 0. The van der Waals surface area contributed by atoms with Gasteiger partial charge in [-0.25, -0.2) is 4.79 Å². The highest BCUT2D eigenvalue weighted by molar-refractivity contribution is 5.91. The van der Waals surface area contributed by atoms with Crippen molar-refractivity contribution in [1.29, 1.82) is 0 Å². The number of ether oxygens (including phenoxy) is 1. The maximum Gasteiger partial charge on any atom is 0.414 e. The number of nitrogens with zero attached hydrogens (tertiary/aromatic N) is 2. The summed E-state index contributed by atoms with van der Waals surface area (Å²) in [6, 6.07) is 17.3. The predicted octanol–water partition coefficient (Wildman–Crippen LogP) is 5.16. The van der Waals surface area contributed by atoms with Gasteiger partial charge in [-0.1, -0.05) is 55.0 Å². The van der Waals surface area contributed by atoms with Crippen molar-refractivity contribution in [3.63, 3.8) is 0 Å². The third-order valence-electron chi connectivity index (χ3n) is 7.55. The first-order valence-electron chi connectivity index (χ1n) is 12.6. The summed E-state index contributed by atoms with van der Waals surface area (Å²) in [5, 5.41) is 9.16. The maximum absolute atomic E-state index is 13.4. The Kier molecular flexibility index (Phi) is 6.75. The molecule has 184 valence electrons. The molecular weight excluding hydrogens is 444 g/mol. The van der Waals surface area contributed by atoms with Crippen LogP contribution >= 0.6 is 0 Å². The lowest BCUT2D eigenvalue weighted by Gasteiger charge is -2.47. The smallest absolute Gasteiger partial charge is 0.414 e. The van der Waals surface area contributed by atoms with Crippen LogP contribution < -0.4 is 4.90 Å². The normalized spacial score (nSPS) is 22.7. The van der Waals surface area contributed by atoms with E-state index in [0.29, 0.717) is 12.5 Å². The molecule has 2 fully saturated rings. The minimum Gasteiger partial charge on any atom is -0.481 e. The molecular formula is C28H32N2O5. The standard InChI is InChI=1S/C28H32N2O5/c31-25(15-16-26(32)33)29(17-19-13-14-19)27-21-9-4-5-11-23(21)30(24-12-6-10-22(24)27)28(34)35-18-20-7-2-1-3-8-20/h1-5,7-9,11,19,22,24,27H,6,10,12-18H2,(H,32,33)/t22-,24+,27-/m0/s1. The molecule has 0 aromatic heterocycles. The Balaban J connectivity index is 1.45. The lowest BCUT2D eigenvalue weighted by Crippen LogP contribution is -2.52. The largest absolute Gasteiger partial charge is 0.481 e. The number of carboxylic acid groups (broad SMARTS) is 1. The topological polar surface area (TPSA) is 87.2 Å². The monoisotopic (exact) mass is 476 g/mol. The fourth-order valence-electron chi connectivity index (χ4n) is 5.75. The van der Waals surface area contributed by atoms with E-state index in [4.69, 9.17) is 9.84 Å². The van der Waals surface area contributed by atoms with E-state index in [0.717, 1.165) is 48.9 Å². The van der Waals surface area contributed by atoms with Crippen LogP contribution in [0.5, 0.6) is 0 Å². The van der Waals surface area contributed by atoms with Crippen LogP contribution in [0.3, 0.4) is 0 Å². The van der Waals surface area contributed by atoms with E-state index in [1.807, 2.05) is 64.4 Å². The van der Waals surface area contributed by atoms with E-state index >= 15 is 0 Å². The van der Waals surface area contributed by atoms with Crippen molar-refractivity contribution in [2.45, 2.75) is 63.6 Å². The zero-order valence-corrected chi connectivity index (χ0v) is 19.8. The molecule has 2 aromatic rings. The summed E-state index contributed by atoms with van der Waals surface area (Å²) < 4.78 is 5.76. The number of hydrogen-bond donors (Lipinski definition) is 1. The van der Waals surface area contributed by atoms with Gasteiger partial charge in [0.1, 0.15) is 6.61 Å². The lowest BCUT2D eigenvalue weighted by molar-refractivity contribution is -0.142. The second-order valence-electron chi connectivity index (χ2n) is 9.96. The molecule has 1 heterocycles. The second kappa shape index (κ2) is 10.1. The van der Waals surface area contributed by atoms with Gasteiger partial charge in [-0.15, -0.1) is 0 Å². The Morgan fingerprint density at radius 2 is 1.69 bits per heavy atom. The van der Waals surface area contributed by atoms with Crippen molar-refractivity contribution in [3.05, 3.63) is 65.7 Å². The Labute approximate surface area is 205 Å². The number of hydrogen-bond acceptors (Lipinski definition) is 4. The number of carboxylic acids is 1. The number of rotatable bonds is 8. The predicted molar refractivity (Wildman–Crippen MR) is 131 cm³/mol. The van der Waals surface area contributed by atoms with Crippen LogP contribution in [0.4, 0.5) is 10.5 Å². The number of amides is 2. The third kappa shape index (κ3) is 5.04. The van der Waals surface area contributed by atoms with Gasteiger partial charge in [0.15, 0.2) is 0 Å². The van der Waals surface area contributed by atoms with Gasteiger partial charge in [0.05, 0.1) is 18.2 Å². The van der Waals surface area contributed by atoms with Crippen LogP contribution in [0, 0.1) is 11.8 Å². The molecule has 7 heteroatoms. The molecule has 7 nitrogen and oxygen atoms in total. The molecule has 0 saturated heterocycles. The Bertz CT molecular complexity index is 1080. The first-order chi connectivity index (χ1) is 17.0. The van der Waals surface area contributed by atoms with Gasteiger partial charge < -0.3 is 14.7 Å². The summed E-state index contributed by atoms with van der Waals surface area (Å²) in [6.07, 6.45) is 4.43. The fraction of sp³-hybridized carbons (Fsp3) is 0.464. The van der Waals surface area contributed by atoms with Crippen molar-refractivity contribution in [2.75, 3.05) is 11.4 Å². The number of para-hydroxylation sites is 1. The number of benzene rings is 2. The van der Waals surface area contributed by atoms with Crippen LogP contribution in [0.15, 0.2) is 54.6 Å². The molecule has 2 saturated carbocycles. The molecule has 3 aliphatic rings. The van der Waals surface area contributed by atoms with E-state index in [2.05, 4.69) is 0 Å². The zero-order chi connectivity index (χ0) is 24.4. The van der Waals surface area contributed by atoms with Crippen LogP contribution in [0.2, 0.25) is 0 Å². The van der Waals surface area contributed by atoms with Gasteiger partial charge in [-0.3, -0.25) is 14.5 Å². The van der Waals surface area contributed by atoms with E-state index in [9.17, 15) is 14.4 Å². The Morgan fingerprint density at radius 3 is 2.43 bits per heavy atom. The molecule has 0 bridgehead atoms. The molecule has 1 N–H and O–H groups in total. The fourth-order valence-corrected chi connectivity index (χ4v) is 5.75. The van der Waals surface area contributed by atoms with Crippen molar-refractivity contribution in [1.82, 2.24) is 4.90 Å². The van der Waals surface area contributed by atoms with Crippen LogP contribution in [-0.2, 0) is 20.9 Å². The van der Waals surface area contributed by atoms with E-state index in [1.165, 1.54) is 0 Å². The average Bonchev–Trinajstić information content (AvgIpc) is 3.57. The molecule has 1 aliphatic heterocycles. The van der Waals surface area contributed by atoms with Crippen LogP contribution in [0.25, 0.3) is 0 Å².